The van der Waals surface area contributed by atoms with Crippen LogP contribution < -0.4 is 20.7 Å². The molecular weight excluding hydrogens is 436 g/mol. The number of fused-ring (bicyclic) bond motifs is 1. The Kier molecular flexibility index (Phi) is 7.57. The van der Waals surface area contributed by atoms with Crippen LogP contribution in [0.1, 0.15) is 23.1 Å². The van der Waals surface area contributed by atoms with Gasteiger partial charge in [0.2, 0.25) is 11.8 Å². The number of hydrogen-bond acceptors (Lipinski definition) is 6. The fraction of sp³-hybridized carbons (Fsp3) is 0.440. The van der Waals surface area contributed by atoms with E-state index in [4.69, 9.17) is 4.74 Å². The van der Waals surface area contributed by atoms with E-state index >= 15 is 0 Å². The smallest absolute Gasteiger partial charge is 0.234 e. The van der Waals surface area contributed by atoms with E-state index in [2.05, 4.69) is 39.0 Å². The van der Waals surface area contributed by atoms with Gasteiger partial charge in [-0.2, -0.15) is 0 Å². The van der Waals surface area contributed by atoms with Crippen molar-refractivity contribution in [2.45, 2.75) is 38.4 Å². The molecule has 2 heterocycles. The summed E-state index contributed by atoms with van der Waals surface area (Å²) in [5.74, 6) is 1.02. The fourth-order valence-electron chi connectivity index (χ4n) is 4.58. The second kappa shape index (κ2) is 10.6. The minimum Gasteiger partial charge on any atom is -0.497 e. The van der Waals surface area contributed by atoms with E-state index in [1.807, 2.05) is 38.1 Å². The molecule has 2 aliphatic heterocycles. The van der Waals surface area contributed by atoms with Gasteiger partial charge in [0.1, 0.15) is 11.2 Å². The molecular formula is C25H32N4O3S. The number of anilines is 1. The topological polar surface area (TPSA) is 82.7 Å². The Bertz CT molecular complexity index is 977. The lowest BCUT2D eigenvalue weighted by atomic mass is 9.89. The van der Waals surface area contributed by atoms with E-state index in [9.17, 15) is 9.59 Å². The maximum atomic E-state index is 12.8. The Hall–Kier alpha value is -2.55. The quantitative estimate of drug-likeness (QED) is 0.580. The molecule has 0 aromatic heterocycles. The third-order valence-corrected chi connectivity index (χ3v) is 7.14. The number of thioether (sulfide) groups is 1. The normalized spacial score (nSPS) is 22.9. The zero-order valence-electron chi connectivity index (χ0n) is 19.4. The Labute approximate surface area is 199 Å². The van der Waals surface area contributed by atoms with Crippen LogP contribution in [0.3, 0.4) is 0 Å². The third kappa shape index (κ3) is 6.28. The average molecular weight is 469 g/mol. The molecule has 4 rings (SSSR count). The van der Waals surface area contributed by atoms with E-state index in [-0.39, 0.29) is 35.0 Å². The molecule has 2 aromatic rings. The van der Waals surface area contributed by atoms with Crippen LogP contribution in [0.5, 0.6) is 5.75 Å². The SMILES string of the molecule is COc1ccc(CN2CCC3NC(SCC(=O)Nc4cc(C)cc(C)c4)NC(=O)C3C2)cc1. The lowest BCUT2D eigenvalue weighted by molar-refractivity contribution is -0.130. The Balaban J connectivity index is 1.25. The summed E-state index contributed by atoms with van der Waals surface area (Å²) in [5.41, 5.74) is 3.99. The number of likely N-dealkylation sites (tertiary alicyclic amines) is 1. The van der Waals surface area contributed by atoms with Crippen molar-refractivity contribution in [3.05, 3.63) is 59.2 Å². The number of methoxy groups -OCH3 is 1. The number of aryl methyl sites for hydroxylation is 2. The monoisotopic (exact) mass is 468 g/mol. The van der Waals surface area contributed by atoms with Crippen LogP contribution in [-0.4, -0.2) is 54.2 Å². The Morgan fingerprint density at radius 3 is 2.61 bits per heavy atom. The molecule has 2 aliphatic rings. The van der Waals surface area contributed by atoms with Gasteiger partial charge in [0.15, 0.2) is 0 Å². The van der Waals surface area contributed by atoms with Crippen LogP contribution >= 0.6 is 11.8 Å². The van der Waals surface area contributed by atoms with Gasteiger partial charge in [0, 0.05) is 31.4 Å². The van der Waals surface area contributed by atoms with Gasteiger partial charge in [-0.3, -0.25) is 19.8 Å². The standard InChI is InChI=1S/C25H32N4O3S/c1-16-10-17(2)12-19(11-16)26-23(30)15-33-25-27-22-8-9-29(14-21(22)24(31)28-25)13-18-4-6-20(32-3)7-5-18/h4-7,10-12,21-22,25,27H,8-9,13-15H2,1-3H3,(H,26,30)(H,28,31). The van der Waals surface area contributed by atoms with Gasteiger partial charge in [-0.05, 0) is 61.2 Å². The highest BCUT2D eigenvalue weighted by atomic mass is 32.2. The first-order valence-electron chi connectivity index (χ1n) is 11.3. The maximum absolute atomic E-state index is 12.8. The zero-order valence-corrected chi connectivity index (χ0v) is 20.2. The van der Waals surface area contributed by atoms with Crippen molar-refractivity contribution in [2.75, 3.05) is 31.3 Å². The summed E-state index contributed by atoms with van der Waals surface area (Å²) in [6, 6.07) is 14.2. The highest BCUT2D eigenvalue weighted by Crippen LogP contribution is 2.25. The van der Waals surface area contributed by atoms with Crippen LogP contribution in [0.15, 0.2) is 42.5 Å². The summed E-state index contributed by atoms with van der Waals surface area (Å²) in [7, 11) is 1.66. The highest BCUT2D eigenvalue weighted by molar-refractivity contribution is 8.00. The van der Waals surface area contributed by atoms with E-state index in [0.717, 1.165) is 48.6 Å². The molecule has 8 heteroatoms. The number of ether oxygens (including phenoxy) is 1. The number of carbonyl (C=O) groups is 2. The average Bonchev–Trinajstić information content (AvgIpc) is 2.78. The number of nitrogens with one attached hydrogen (secondary N) is 3. The number of piperidine rings is 1. The van der Waals surface area contributed by atoms with Crippen molar-refractivity contribution >= 4 is 29.3 Å². The number of benzene rings is 2. The van der Waals surface area contributed by atoms with Gasteiger partial charge in [-0.15, -0.1) is 11.8 Å². The largest absolute Gasteiger partial charge is 0.497 e. The Morgan fingerprint density at radius 1 is 1.18 bits per heavy atom. The number of amides is 2. The van der Waals surface area contributed by atoms with Crippen LogP contribution in [-0.2, 0) is 16.1 Å². The molecule has 33 heavy (non-hydrogen) atoms. The lowest BCUT2D eigenvalue weighted by Crippen LogP contribution is -2.64. The number of rotatable bonds is 7. The second-order valence-electron chi connectivity index (χ2n) is 8.88. The molecule has 2 saturated heterocycles. The molecule has 0 saturated carbocycles. The molecule has 0 aliphatic carbocycles. The van der Waals surface area contributed by atoms with Crippen LogP contribution in [0, 0.1) is 19.8 Å². The minimum atomic E-state index is -0.253. The molecule has 2 aromatic carbocycles. The first-order chi connectivity index (χ1) is 15.9. The number of hydrogen-bond donors (Lipinski definition) is 3. The molecule has 2 fully saturated rings. The van der Waals surface area contributed by atoms with Crippen molar-refractivity contribution in [3.63, 3.8) is 0 Å². The van der Waals surface area contributed by atoms with Gasteiger partial charge < -0.3 is 15.4 Å². The van der Waals surface area contributed by atoms with Crippen molar-refractivity contribution in [1.29, 1.82) is 0 Å². The summed E-state index contributed by atoms with van der Waals surface area (Å²) in [6.07, 6.45) is 0.903. The van der Waals surface area contributed by atoms with E-state index in [1.54, 1.807) is 7.11 Å². The van der Waals surface area contributed by atoms with E-state index in [0.29, 0.717) is 0 Å². The van der Waals surface area contributed by atoms with Crippen LogP contribution in [0.2, 0.25) is 0 Å². The maximum Gasteiger partial charge on any atom is 0.234 e. The number of nitrogens with zero attached hydrogens (tertiary/aromatic N) is 1. The molecule has 3 N–H and O–H groups in total. The molecule has 0 spiro atoms. The minimum absolute atomic E-state index is 0.0606. The van der Waals surface area contributed by atoms with Gasteiger partial charge in [-0.1, -0.05) is 18.2 Å². The van der Waals surface area contributed by atoms with Crippen molar-refractivity contribution < 1.29 is 14.3 Å². The van der Waals surface area contributed by atoms with Gasteiger partial charge >= 0.3 is 0 Å². The molecule has 176 valence electrons. The summed E-state index contributed by atoms with van der Waals surface area (Å²) >= 11 is 1.42. The predicted octanol–water partition coefficient (Wildman–Crippen LogP) is 2.88. The summed E-state index contributed by atoms with van der Waals surface area (Å²) in [6.45, 7) is 6.49. The molecule has 3 atom stereocenters. The van der Waals surface area contributed by atoms with Crippen LogP contribution in [0.4, 0.5) is 5.69 Å². The lowest BCUT2D eigenvalue weighted by Gasteiger charge is -2.43. The van der Waals surface area contributed by atoms with Gasteiger partial charge in [-0.25, -0.2) is 0 Å². The van der Waals surface area contributed by atoms with Crippen molar-refractivity contribution in [3.8, 4) is 5.75 Å². The molecule has 2 amide bonds. The van der Waals surface area contributed by atoms with Gasteiger partial charge in [0.05, 0.1) is 18.8 Å². The second-order valence-corrected chi connectivity index (χ2v) is 9.97. The van der Waals surface area contributed by atoms with E-state index < -0.39 is 0 Å². The summed E-state index contributed by atoms with van der Waals surface area (Å²) < 4.78 is 5.23. The molecule has 3 unspecified atom stereocenters. The molecule has 0 bridgehead atoms. The predicted molar refractivity (Wildman–Crippen MR) is 132 cm³/mol. The summed E-state index contributed by atoms with van der Waals surface area (Å²) in [5, 5.41) is 9.52. The Morgan fingerprint density at radius 2 is 1.91 bits per heavy atom. The fourth-order valence-corrected chi connectivity index (χ4v) is 5.44. The first-order valence-corrected chi connectivity index (χ1v) is 12.4. The molecule has 0 radical (unpaired) electrons. The molecule has 7 nitrogen and oxygen atoms in total. The third-order valence-electron chi connectivity index (χ3n) is 6.12. The van der Waals surface area contributed by atoms with Gasteiger partial charge in [0.25, 0.3) is 0 Å². The van der Waals surface area contributed by atoms with E-state index in [1.165, 1.54) is 17.3 Å². The summed E-state index contributed by atoms with van der Waals surface area (Å²) in [4.78, 5) is 27.6. The number of carbonyl (C=O) groups excluding carboxylic acids is 2. The van der Waals surface area contributed by atoms with Crippen molar-refractivity contribution in [2.24, 2.45) is 5.92 Å². The zero-order chi connectivity index (χ0) is 23.4. The van der Waals surface area contributed by atoms with Crippen molar-refractivity contribution in [1.82, 2.24) is 15.5 Å². The van der Waals surface area contributed by atoms with Crippen LogP contribution in [0.25, 0.3) is 0 Å². The highest BCUT2D eigenvalue weighted by Gasteiger charge is 2.39. The first kappa shape index (κ1) is 23.6.